The summed E-state index contributed by atoms with van der Waals surface area (Å²) in [5, 5.41) is 0. The Balaban J connectivity index is 1.75. The molecule has 0 N–H and O–H groups in total. The first-order valence-corrected chi connectivity index (χ1v) is 20.0. The van der Waals surface area contributed by atoms with E-state index in [4.69, 9.17) is 0 Å². The van der Waals surface area contributed by atoms with E-state index in [-0.39, 0.29) is 0 Å². The second-order valence-electron chi connectivity index (χ2n) is 6.50. The van der Waals surface area contributed by atoms with E-state index in [1.807, 2.05) is 0 Å². The maximum atomic E-state index is 2.97. The Bertz CT molecular complexity index is 193. The topological polar surface area (TPSA) is 0 Å². The van der Waals surface area contributed by atoms with Gasteiger partial charge in [0.15, 0.2) is 0 Å². The zero-order chi connectivity index (χ0) is 12.1. The first kappa shape index (κ1) is 14.9. The van der Waals surface area contributed by atoms with Crippen LogP contribution in [0.5, 0.6) is 0 Å². The van der Waals surface area contributed by atoms with Crippen LogP contribution in [0.2, 0.25) is 13.9 Å². The SMILES string of the molecule is C[Te](I)(CC1CCCCC1)CC1CCCCC1. The first-order valence-electron chi connectivity index (χ1n) is 7.59. The van der Waals surface area contributed by atoms with Gasteiger partial charge in [-0.25, -0.2) is 0 Å². The molecule has 2 rings (SSSR count). The molecular formula is C15H29ITe. The van der Waals surface area contributed by atoms with Crippen LogP contribution in [-0.2, 0) is 0 Å². The zero-order valence-electron chi connectivity index (χ0n) is 11.4. The molecule has 0 aliphatic heterocycles. The van der Waals surface area contributed by atoms with Crippen LogP contribution < -0.4 is 0 Å². The standard InChI is InChI=1S/C15H29ITe/c1-17(16,12-14-8-4-2-5-9-14)13-15-10-6-3-7-11-15/h14-15H,2-13H2,1H3. The van der Waals surface area contributed by atoms with Gasteiger partial charge in [-0.05, 0) is 0 Å². The monoisotopic (exact) mass is 466 g/mol. The van der Waals surface area contributed by atoms with Gasteiger partial charge in [-0.1, -0.05) is 0 Å². The van der Waals surface area contributed by atoms with Crippen molar-refractivity contribution in [2.75, 3.05) is 0 Å². The van der Waals surface area contributed by atoms with Crippen molar-refractivity contribution in [2.24, 2.45) is 11.8 Å². The van der Waals surface area contributed by atoms with E-state index in [9.17, 15) is 0 Å². The van der Waals surface area contributed by atoms with Crippen LogP contribution >= 0.6 is 18.7 Å². The predicted octanol–water partition coefficient (Wildman–Crippen LogP) is 6.16. The molecule has 0 spiro atoms. The van der Waals surface area contributed by atoms with Gasteiger partial charge in [0.2, 0.25) is 0 Å². The van der Waals surface area contributed by atoms with Gasteiger partial charge in [-0.3, -0.25) is 0 Å². The van der Waals surface area contributed by atoms with Crippen molar-refractivity contribution in [3.63, 3.8) is 0 Å². The average molecular weight is 464 g/mol. The van der Waals surface area contributed by atoms with Crippen LogP contribution in [0.4, 0.5) is 0 Å². The van der Waals surface area contributed by atoms with Crippen LogP contribution in [-0.4, -0.2) is 14.2 Å². The number of halogens is 1. The molecule has 0 bridgehead atoms. The summed E-state index contributed by atoms with van der Waals surface area (Å²) >= 11 is 1.51. The molecule has 2 saturated carbocycles. The van der Waals surface area contributed by atoms with Crippen molar-refractivity contribution in [1.82, 2.24) is 0 Å². The molecule has 0 amide bonds. The first-order chi connectivity index (χ1) is 8.16. The Hall–Kier alpha value is 1.52. The molecule has 0 heterocycles. The van der Waals surface area contributed by atoms with Crippen LogP contribution in [0.25, 0.3) is 0 Å². The molecule has 0 unspecified atom stereocenters. The third kappa shape index (κ3) is 5.57. The van der Waals surface area contributed by atoms with E-state index in [0.717, 1.165) is 11.8 Å². The molecule has 2 aliphatic carbocycles. The molecule has 0 saturated heterocycles. The molecule has 2 aliphatic rings. The maximum absolute atomic E-state index is 2.97. The van der Waals surface area contributed by atoms with Crippen molar-refractivity contribution in [3.8, 4) is 0 Å². The summed E-state index contributed by atoms with van der Waals surface area (Å²) in [7, 11) is 0. The van der Waals surface area contributed by atoms with Crippen molar-refractivity contribution in [2.45, 2.75) is 78.1 Å². The van der Waals surface area contributed by atoms with Crippen LogP contribution in [0.3, 0.4) is 0 Å². The fourth-order valence-electron chi connectivity index (χ4n) is 3.76. The van der Waals surface area contributed by atoms with Crippen molar-refractivity contribution >= 4 is 32.9 Å². The quantitative estimate of drug-likeness (QED) is 0.346. The molecule has 2 heteroatoms. The van der Waals surface area contributed by atoms with E-state index >= 15 is 0 Å². The number of hydrogen-bond acceptors (Lipinski definition) is 0. The fraction of sp³-hybridized carbons (Fsp3) is 1.00. The molecule has 0 radical (unpaired) electrons. The zero-order valence-corrected chi connectivity index (χ0v) is 15.9. The van der Waals surface area contributed by atoms with E-state index in [2.05, 4.69) is 23.7 Å². The Kier molecular flexibility index (Phi) is 6.44. The molecule has 0 atom stereocenters. The van der Waals surface area contributed by atoms with Crippen molar-refractivity contribution < 1.29 is 0 Å². The van der Waals surface area contributed by atoms with Gasteiger partial charge in [0.25, 0.3) is 0 Å². The van der Waals surface area contributed by atoms with Crippen molar-refractivity contribution in [1.29, 1.82) is 0 Å². The molecule has 0 aromatic carbocycles. The number of rotatable bonds is 4. The summed E-state index contributed by atoms with van der Waals surface area (Å²) < 4.78 is 3.36. The van der Waals surface area contributed by atoms with E-state index in [1.54, 1.807) is 34.6 Å². The van der Waals surface area contributed by atoms with Crippen LogP contribution in [0, 0.1) is 11.8 Å². The van der Waals surface area contributed by atoms with Crippen LogP contribution in [0.1, 0.15) is 64.2 Å². The van der Waals surface area contributed by atoms with Gasteiger partial charge in [0.05, 0.1) is 0 Å². The molecule has 2 fully saturated rings. The van der Waals surface area contributed by atoms with E-state index < -0.39 is 14.2 Å². The van der Waals surface area contributed by atoms with Crippen molar-refractivity contribution in [3.05, 3.63) is 0 Å². The Morgan fingerprint density at radius 1 is 0.765 bits per heavy atom. The molecule has 102 valence electrons. The Labute approximate surface area is 122 Å². The summed E-state index contributed by atoms with van der Waals surface area (Å²) in [5.74, 6) is 2.27. The average Bonchev–Trinajstić information content (AvgIpc) is 2.30. The fourth-order valence-corrected chi connectivity index (χ4v) is 18.5. The second kappa shape index (κ2) is 7.34. The predicted molar refractivity (Wildman–Crippen MR) is 88.4 cm³/mol. The summed E-state index contributed by atoms with van der Waals surface area (Å²) in [6.07, 6.45) is 15.4. The van der Waals surface area contributed by atoms with Gasteiger partial charge < -0.3 is 0 Å². The Morgan fingerprint density at radius 3 is 1.47 bits per heavy atom. The summed E-state index contributed by atoms with van der Waals surface area (Å²) in [5.41, 5.74) is 0. The van der Waals surface area contributed by atoms with Crippen LogP contribution in [0.15, 0.2) is 0 Å². The summed E-state index contributed by atoms with van der Waals surface area (Å²) in [6, 6.07) is 0. The number of hydrogen-bond donors (Lipinski definition) is 0. The molecule has 0 aromatic heterocycles. The van der Waals surface area contributed by atoms with E-state index in [0.29, 0.717) is 0 Å². The van der Waals surface area contributed by atoms with E-state index in [1.165, 1.54) is 38.5 Å². The molecular weight excluding hydrogens is 435 g/mol. The molecule has 0 aromatic rings. The van der Waals surface area contributed by atoms with Gasteiger partial charge in [-0.2, -0.15) is 0 Å². The summed E-state index contributed by atoms with van der Waals surface area (Å²) in [6.45, 7) is 0. The van der Waals surface area contributed by atoms with Gasteiger partial charge >= 0.3 is 123 Å². The minimum absolute atomic E-state index is 1.13. The minimum atomic E-state index is -1.46. The van der Waals surface area contributed by atoms with Gasteiger partial charge in [0.1, 0.15) is 0 Å². The normalized spacial score (nSPS) is 26.0. The third-order valence-electron chi connectivity index (χ3n) is 4.62. The van der Waals surface area contributed by atoms with Gasteiger partial charge in [-0.15, -0.1) is 0 Å². The summed E-state index contributed by atoms with van der Waals surface area (Å²) in [4.78, 5) is 2.71. The van der Waals surface area contributed by atoms with Gasteiger partial charge in [0, 0.05) is 0 Å². The third-order valence-corrected chi connectivity index (χ3v) is 16.1. The Morgan fingerprint density at radius 2 is 1.12 bits per heavy atom. The molecule has 0 nitrogen and oxygen atoms in total. The second-order valence-corrected chi connectivity index (χ2v) is 29.2. The molecule has 17 heavy (non-hydrogen) atoms.